The smallest absolute Gasteiger partial charge is 0.254 e. The number of halogens is 1. The molecule has 0 spiro atoms. The highest BCUT2D eigenvalue weighted by Gasteiger charge is 2.33. The van der Waals surface area contributed by atoms with Gasteiger partial charge in [-0.3, -0.25) is 4.79 Å². The van der Waals surface area contributed by atoms with Gasteiger partial charge in [-0.25, -0.2) is 4.98 Å². The first-order valence-corrected chi connectivity index (χ1v) is 8.14. The number of rotatable bonds is 3. The number of pyridine rings is 1. The number of fused-ring (bicyclic) bond motifs is 1. The maximum atomic E-state index is 12.7. The second-order valence-electron chi connectivity index (χ2n) is 5.77. The summed E-state index contributed by atoms with van der Waals surface area (Å²) in [6.45, 7) is 1.07. The average Bonchev–Trinajstić information content (AvgIpc) is 2.58. The molecule has 0 unspecified atom stereocenters. The van der Waals surface area contributed by atoms with Crippen LogP contribution in [0.5, 0.6) is 5.88 Å². The molecule has 0 radical (unpaired) electrons. The van der Waals surface area contributed by atoms with Crippen LogP contribution in [0.3, 0.4) is 0 Å². The molecule has 5 heteroatoms. The summed E-state index contributed by atoms with van der Waals surface area (Å²) in [7, 11) is 0. The zero-order valence-corrected chi connectivity index (χ0v) is 13.6. The molecule has 2 heterocycles. The summed E-state index contributed by atoms with van der Waals surface area (Å²) in [5.74, 6) is 0.445. The molecule has 1 aromatic heterocycles. The van der Waals surface area contributed by atoms with Crippen molar-refractivity contribution in [1.29, 1.82) is 0 Å². The predicted molar refractivity (Wildman–Crippen MR) is 93.5 cm³/mol. The molecule has 0 N–H and O–H groups in total. The summed E-state index contributed by atoms with van der Waals surface area (Å²) in [6, 6.07) is 17.2. The van der Waals surface area contributed by atoms with Gasteiger partial charge in [0.25, 0.3) is 5.91 Å². The van der Waals surface area contributed by atoms with E-state index in [4.69, 9.17) is 16.3 Å². The van der Waals surface area contributed by atoms with Gasteiger partial charge in [-0.15, -0.1) is 0 Å². The Bertz CT molecular complexity index is 901. The molecule has 24 heavy (non-hydrogen) atoms. The molecule has 2 aromatic carbocycles. The summed E-state index contributed by atoms with van der Waals surface area (Å²) >= 11 is 6.04. The third-order valence-electron chi connectivity index (χ3n) is 4.16. The van der Waals surface area contributed by atoms with Crippen molar-refractivity contribution in [2.24, 2.45) is 0 Å². The Balaban J connectivity index is 1.47. The minimum absolute atomic E-state index is 0.0266. The molecule has 0 bridgehead atoms. The zero-order valence-electron chi connectivity index (χ0n) is 12.9. The first-order valence-electron chi connectivity index (χ1n) is 7.76. The van der Waals surface area contributed by atoms with Gasteiger partial charge < -0.3 is 9.64 Å². The van der Waals surface area contributed by atoms with Crippen LogP contribution >= 0.6 is 11.6 Å². The first-order chi connectivity index (χ1) is 11.7. The van der Waals surface area contributed by atoms with Crippen molar-refractivity contribution in [3.05, 3.63) is 71.4 Å². The number of likely N-dealkylation sites (tertiary alicyclic amines) is 1. The quantitative estimate of drug-likeness (QED) is 0.729. The molecule has 1 saturated heterocycles. The van der Waals surface area contributed by atoms with E-state index in [9.17, 15) is 4.79 Å². The van der Waals surface area contributed by atoms with Gasteiger partial charge in [0.05, 0.1) is 13.1 Å². The Kier molecular flexibility index (Phi) is 3.82. The minimum atomic E-state index is -0.0728. The van der Waals surface area contributed by atoms with Crippen LogP contribution in [-0.2, 0) is 0 Å². The number of carbonyl (C=O) groups excluding carboxylic acids is 1. The lowest BCUT2D eigenvalue weighted by molar-refractivity contribution is 0.0162. The Labute approximate surface area is 144 Å². The van der Waals surface area contributed by atoms with Crippen LogP contribution in [0.25, 0.3) is 10.8 Å². The Morgan fingerprint density at radius 1 is 1.08 bits per heavy atom. The molecule has 1 aliphatic heterocycles. The minimum Gasteiger partial charge on any atom is -0.470 e. The summed E-state index contributed by atoms with van der Waals surface area (Å²) < 4.78 is 5.75. The van der Waals surface area contributed by atoms with Gasteiger partial charge >= 0.3 is 0 Å². The maximum Gasteiger partial charge on any atom is 0.254 e. The Morgan fingerprint density at radius 3 is 2.71 bits per heavy atom. The molecule has 3 aromatic rings. The van der Waals surface area contributed by atoms with E-state index in [-0.39, 0.29) is 12.0 Å². The van der Waals surface area contributed by atoms with Gasteiger partial charge in [-0.1, -0.05) is 48.0 Å². The second kappa shape index (κ2) is 6.13. The average molecular weight is 339 g/mol. The predicted octanol–water partition coefficient (Wildman–Crippen LogP) is 3.79. The van der Waals surface area contributed by atoms with Crippen LogP contribution in [0.2, 0.25) is 5.02 Å². The van der Waals surface area contributed by atoms with Crippen molar-refractivity contribution >= 4 is 28.3 Å². The largest absolute Gasteiger partial charge is 0.470 e. The monoisotopic (exact) mass is 338 g/mol. The van der Waals surface area contributed by atoms with E-state index in [1.165, 1.54) is 0 Å². The van der Waals surface area contributed by atoms with Crippen molar-refractivity contribution in [1.82, 2.24) is 9.88 Å². The van der Waals surface area contributed by atoms with E-state index >= 15 is 0 Å². The van der Waals surface area contributed by atoms with Crippen LogP contribution in [0, 0.1) is 0 Å². The molecule has 1 aliphatic rings. The zero-order chi connectivity index (χ0) is 16.5. The summed E-state index contributed by atoms with van der Waals surface area (Å²) in [4.78, 5) is 18.6. The van der Waals surface area contributed by atoms with Gasteiger partial charge in [0.2, 0.25) is 5.88 Å². The molecule has 0 atom stereocenters. The van der Waals surface area contributed by atoms with E-state index in [1.54, 1.807) is 23.2 Å². The maximum absolute atomic E-state index is 12.7. The van der Waals surface area contributed by atoms with Crippen LogP contribution in [0.1, 0.15) is 10.4 Å². The van der Waals surface area contributed by atoms with E-state index in [1.807, 2.05) is 42.5 Å². The number of benzene rings is 2. The van der Waals surface area contributed by atoms with Gasteiger partial charge in [0.15, 0.2) is 0 Å². The van der Waals surface area contributed by atoms with Gasteiger partial charge in [0, 0.05) is 11.8 Å². The van der Waals surface area contributed by atoms with Crippen LogP contribution in [0.4, 0.5) is 0 Å². The molecule has 120 valence electrons. The summed E-state index contributed by atoms with van der Waals surface area (Å²) in [5, 5.41) is 2.52. The normalized spacial score (nSPS) is 14.5. The number of carbonyl (C=O) groups is 1. The van der Waals surface area contributed by atoms with E-state index in [0.29, 0.717) is 24.0 Å². The SMILES string of the molecule is O=C(c1cccc2ccccc12)N1CC(Oc2ncccc2Cl)C1. The fourth-order valence-corrected chi connectivity index (χ4v) is 3.04. The number of hydrogen-bond donors (Lipinski definition) is 0. The number of aromatic nitrogens is 1. The molecule has 1 amide bonds. The lowest BCUT2D eigenvalue weighted by atomic mass is 10.0. The number of nitrogens with zero attached hydrogens (tertiary/aromatic N) is 2. The lowest BCUT2D eigenvalue weighted by Gasteiger charge is -2.38. The third kappa shape index (κ3) is 2.69. The number of ether oxygens (including phenoxy) is 1. The highest BCUT2D eigenvalue weighted by molar-refractivity contribution is 6.31. The van der Waals surface area contributed by atoms with E-state index in [0.717, 1.165) is 16.3 Å². The van der Waals surface area contributed by atoms with Crippen LogP contribution in [-0.4, -0.2) is 35.0 Å². The molecule has 0 aliphatic carbocycles. The van der Waals surface area contributed by atoms with Gasteiger partial charge in [-0.2, -0.15) is 0 Å². The van der Waals surface area contributed by atoms with Crippen molar-refractivity contribution in [2.45, 2.75) is 6.10 Å². The Morgan fingerprint density at radius 2 is 1.88 bits per heavy atom. The van der Waals surface area contributed by atoms with E-state index in [2.05, 4.69) is 4.98 Å². The van der Waals surface area contributed by atoms with Crippen molar-refractivity contribution in [2.75, 3.05) is 13.1 Å². The van der Waals surface area contributed by atoms with Crippen molar-refractivity contribution in [3.63, 3.8) is 0 Å². The molecule has 4 rings (SSSR count). The van der Waals surface area contributed by atoms with Crippen LogP contribution in [0.15, 0.2) is 60.8 Å². The molecular weight excluding hydrogens is 324 g/mol. The van der Waals surface area contributed by atoms with Crippen molar-refractivity contribution < 1.29 is 9.53 Å². The standard InChI is InChI=1S/C19H15ClN2O2/c20-17-9-4-10-21-18(17)24-14-11-22(12-14)19(23)16-8-3-6-13-5-1-2-7-15(13)16/h1-10,14H,11-12H2. The number of hydrogen-bond acceptors (Lipinski definition) is 3. The topological polar surface area (TPSA) is 42.4 Å². The first kappa shape index (κ1) is 15.0. The molecule has 0 saturated carbocycles. The fourth-order valence-electron chi connectivity index (χ4n) is 2.88. The molecule has 4 nitrogen and oxygen atoms in total. The van der Waals surface area contributed by atoms with Gasteiger partial charge in [0.1, 0.15) is 11.1 Å². The lowest BCUT2D eigenvalue weighted by Crippen LogP contribution is -2.56. The highest BCUT2D eigenvalue weighted by atomic mass is 35.5. The third-order valence-corrected chi connectivity index (χ3v) is 4.45. The Hall–Kier alpha value is -2.59. The highest BCUT2D eigenvalue weighted by Crippen LogP contribution is 2.26. The van der Waals surface area contributed by atoms with Crippen LogP contribution < -0.4 is 4.74 Å². The van der Waals surface area contributed by atoms with E-state index < -0.39 is 0 Å². The van der Waals surface area contributed by atoms with Gasteiger partial charge in [-0.05, 0) is 29.0 Å². The number of amides is 1. The molecule has 1 fully saturated rings. The summed E-state index contributed by atoms with van der Waals surface area (Å²) in [6.07, 6.45) is 1.56. The fraction of sp³-hybridized carbons (Fsp3) is 0.158. The van der Waals surface area contributed by atoms with Crippen molar-refractivity contribution in [3.8, 4) is 5.88 Å². The summed E-state index contributed by atoms with van der Waals surface area (Å²) in [5.41, 5.74) is 0.724. The molecular formula is C19H15ClN2O2. The second-order valence-corrected chi connectivity index (χ2v) is 6.17.